The maximum absolute atomic E-state index is 6.00. The second kappa shape index (κ2) is 6.77. The first-order valence-electron chi connectivity index (χ1n) is 8.72. The number of anilines is 1. The van der Waals surface area contributed by atoms with Gasteiger partial charge in [-0.05, 0) is 38.7 Å². The SMILES string of the molecule is Cc1ccc([C@@H](CNc2ncnc3c2oc2ccccc23)N(C)C)cc1. The van der Waals surface area contributed by atoms with Gasteiger partial charge >= 0.3 is 0 Å². The van der Waals surface area contributed by atoms with Crippen LogP contribution in [0, 0.1) is 6.92 Å². The molecule has 0 saturated heterocycles. The molecule has 26 heavy (non-hydrogen) atoms. The van der Waals surface area contributed by atoms with Crippen LogP contribution >= 0.6 is 0 Å². The number of hydrogen-bond donors (Lipinski definition) is 1. The van der Waals surface area contributed by atoms with Gasteiger partial charge in [-0.15, -0.1) is 0 Å². The van der Waals surface area contributed by atoms with Gasteiger partial charge in [0.05, 0.1) is 6.04 Å². The van der Waals surface area contributed by atoms with E-state index in [0.717, 1.165) is 28.8 Å². The van der Waals surface area contributed by atoms with Crippen molar-refractivity contribution in [1.29, 1.82) is 0 Å². The zero-order valence-corrected chi connectivity index (χ0v) is 15.2. The second-order valence-electron chi connectivity index (χ2n) is 6.77. The number of benzene rings is 2. The Bertz CT molecular complexity index is 1040. The molecule has 0 unspecified atom stereocenters. The predicted octanol–water partition coefficient (Wildman–Crippen LogP) is 4.40. The van der Waals surface area contributed by atoms with Crippen molar-refractivity contribution in [2.45, 2.75) is 13.0 Å². The Balaban J connectivity index is 1.65. The summed E-state index contributed by atoms with van der Waals surface area (Å²) < 4.78 is 6.00. The molecule has 132 valence electrons. The normalized spacial score (nSPS) is 12.8. The Morgan fingerprint density at radius 1 is 1.04 bits per heavy atom. The molecule has 2 aromatic carbocycles. The molecule has 1 N–H and O–H groups in total. The molecule has 0 amide bonds. The van der Waals surface area contributed by atoms with Crippen molar-refractivity contribution in [2.75, 3.05) is 26.0 Å². The van der Waals surface area contributed by atoms with Crippen LogP contribution in [0.5, 0.6) is 0 Å². The third kappa shape index (κ3) is 3.02. The third-order valence-electron chi connectivity index (χ3n) is 4.71. The van der Waals surface area contributed by atoms with E-state index in [-0.39, 0.29) is 6.04 Å². The summed E-state index contributed by atoms with van der Waals surface area (Å²) in [5, 5.41) is 4.47. The van der Waals surface area contributed by atoms with Gasteiger partial charge < -0.3 is 14.6 Å². The average molecular weight is 346 g/mol. The van der Waals surface area contributed by atoms with Gasteiger partial charge in [0.15, 0.2) is 11.4 Å². The van der Waals surface area contributed by atoms with E-state index in [0.29, 0.717) is 5.58 Å². The van der Waals surface area contributed by atoms with Crippen LogP contribution in [0.15, 0.2) is 59.3 Å². The van der Waals surface area contributed by atoms with Crippen molar-refractivity contribution in [1.82, 2.24) is 14.9 Å². The van der Waals surface area contributed by atoms with Gasteiger partial charge in [0.25, 0.3) is 0 Å². The Kier molecular flexibility index (Phi) is 4.31. The topological polar surface area (TPSA) is 54.2 Å². The summed E-state index contributed by atoms with van der Waals surface area (Å²) in [6, 6.07) is 16.8. The maximum atomic E-state index is 6.00. The summed E-state index contributed by atoms with van der Waals surface area (Å²) in [5.41, 5.74) is 4.90. The van der Waals surface area contributed by atoms with E-state index in [1.54, 1.807) is 6.33 Å². The quantitative estimate of drug-likeness (QED) is 0.580. The van der Waals surface area contributed by atoms with E-state index < -0.39 is 0 Å². The largest absolute Gasteiger partial charge is 0.450 e. The summed E-state index contributed by atoms with van der Waals surface area (Å²) in [4.78, 5) is 11.0. The number of aromatic nitrogens is 2. The molecule has 0 aliphatic carbocycles. The van der Waals surface area contributed by atoms with Crippen LogP contribution in [-0.4, -0.2) is 35.5 Å². The van der Waals surface area contributed by atoms with Crippen molar-refractivity contribution in [3.05, 3.63) is 66.0 Å². The molecule has 4 rings (SSSR count). The molecule has 5 heteroatoms. The minimum Gasteiger partial charge on any atom is -0.450 e. The van der Waals surface area contributed by atoms with Crippen LogP contribution in [0.1, 0.15) is 17.2 Å². The van der Waals surface area contributed by atoms with Gasteiger partial charge in [0, 0.05) is 11.9 Å². The Morgan fingerprint density at radius 2 is 1.81 bits per heavy atom. The van der Waals surface area contributed by atoms with Crippen LogP contribution in [0.3, 0.4) is 0 Å². The molecule has 0 bridgehead atoms. The number of aryl methyl sites for hydroxylation is 1. The molecule has 1 atom stereocenters. The average Bonchev–Trinajstić information content (AvgIpc) is 3.03. The van der Waals surface area contributed by atoms with E-state index >= 15 is 0 Å². The minimum absolute atomic E-state index is 0.227. The van der Waals surface area contributed by atoms with E-state index in [9.17, 15) is 0 Å². The number of nitrogens with zero attached hydrogens (tertiary/aromatic N) is 3. The van der Waals surface area contributed by atoms with E-state index in [1.165, 1.54) is 11.1 Å². The number of furan rings is 1. The van der Waals surface area contributed by atoms with Gasteiger partial charge in [-0.25, -0.2) is 9.97 Å². The van der Waals surface area contributed by atoms with Crippen LogP contribution in [0.4, 0.5) is 5.82 Å². The zero-order valence-electron chi connectivity index (χ0n) is 15.2. The predicted molar refractivity (Wildman–Crippen MR) is 105 cm³/mol. The fraction of sp³-hybridized carbons (Fsp3) is 0.238. The first-order valence-corrected chi connectivity index (χ1v) is 8.72. The number of rotatable bonds is 5. The zero-order chi connectivity index (χ0) is 18.1. The molecule has 2 aromatic heterocycles. The number of nitrogens with one attached hydrogen (secondary N) is 1. The molecule has 0 saturated carbocycles. The summed E-state index contributed by atoms with van der Waals surface area (Å²) in [6.45, 7) is 2.82. The van der Waals surface area contributed by atoms with Crippen LogP contribution in [0.2, 0.25) is 0 Å². The van der Waals surface area contributed by atoms with Crippen molar-refractivity contribution in [3.63, 3.8) is 0 Å². The Labute approximate surface area is 152 Å². The fourth-order valence-electron chi connectivity index (χ4n) is 3.23. The highest BCUT2D eigenvalue weighted by molar-refractivity contribution is 6.05. The van der Waals surface area contributed by atoms with Crippen molar-refractivity contribution in [2.24, 2.45) is 0 Å². The first kappa shape index (κ1) is 16.5. The van der Waals surface area contributed by atoms with Gasteiger partial charge in [-0.3, -0.25) is 0 Å². The van der Waals surface area contributed by atoms with E-state index in [1.807, 2.05) is 24.3 Å². The number of fused-ring (bicyclic) bond motifs is 3. The van der Waals surface area contributed by atoms with Crippen LogP contribution < -0.4 is 5.32 Å². The lowest BCUT2D eigenvalue weighted by Gasteiger charge is -2.25. The van der Waals surface area contributed by atoms with Crippen molar-refractivity contribution >= 4 is 27.9 Å². The summed E-state index contributed by atoms with van der Waals surface area (Å²) in [5.74, 6) is 0.727. The second-order valence-corrected chi connectivity index (χ2v) is 6.77. The summed E-state index contributed by atoms with van der Waals surface area (Å²) in [6.07, 6.45) is 1.59. The maximum Gasteiger partial charge on any atom is 0.196 e. The number of para-hydroxylation sites is 1. The van der Waals surface area contributed by atoms with Crippen molar-refractivity contribution < 1.29 is 4.42 Å². The molecule has 4 aromatic rings. The van der Waals surface area contributed by atoms with Crippen molar-refractivity contribution in [3.8, 4) is 0 Å². The number of likely N-dealkylation sites (N-methyl/N-ethyl adjacent to an activating group) is 1. The van der Waals surface area contributed by atoms with Gasteiger partial charge in [0.2, 0.25) is 0 Å². The highest BCUT2D eigenvalue weighted by Gasteiger charge is 2.17. The molecule has 0 radical (unpaired) electrons. The highest BCUT2D eigenvalue weighted by Crippen LogP contribution is 2.30. The Hall–Kier alpha value is -2.92. The molecule has 0 fully saturated rings. The van der Waals surface area contributed by atoms with E-state index in [4.69, 9.17) is 4.42 Å². The fourth-order valence-corrected chi connectivity index (χ4v) is 3.23. The molecule has 2 heterocycles. The first-order chi connectivity index (χ1) is 12.6. The van der Waals surface area contributed by atoms with Gasteiger partial charge in [0.1, 0.15) is 17.4 Å². The molecular weight excluding hydrogens is 324 g/mol. The Morgan fingerprint density at radius 3 is 2.58 bits per heavy atom. The lowest BCUT2D eigenvalue weighted by Crippen LogP contribution is -2.27. The molecule has 0 aliphatic heterocycles. The lowest BCUT2D eigenvalue weighted by atomic mass is 10.0. The third-order valence-corrected chi connectivity index (χ3v) is 4.71. The monoisotopic (exact) mass is 346 g/mol. The van der Waals surface area contributed by atoms with Crippen LogP contribution in [0.25, 0.3) is 22.1 Å². The van der Waals surface area contributed by atoms with Gasteiger partial charge in [-0.2, -0.15) is 0 Å². The van der Waals surface area contributed by atoms with Crippen LogP contribution in [-0.2, 0) is 0 Å². The molecule has 0 spiro atoms. The van der Waals surface area contributed by atoms with E-state index in [2.05, 4.69) is 65.5 Å². The molecular formula is C21H22N4O. The summed E-state index contributed by atoms with van der Waals surface area (Å²) in [7, 11) is 4.17. The standard InChI is InChI=1S/C21H22N4O/c1-14-8-10-15(11-9-14)17(25(2)3)12-22-21-20-19(23-13-24-21)16-6-4-5-7-18(16)26-20/h4-11,13,17H,12H2,1-3H3,(H,22,23,24)/t17-/m1/s1. The molecule has 5 nitrogen and oxygen atoms in total. The summed E-state index contributed by atoms with van der Waals surface area (Å²) >= 11 is 0. The van der Waals surface area contributed by atoms with Gasteiger partial charge in [-0.1, -0.05) is 42.0 Å². The highest BCUT2D eigenvalue weighted by atomic mass is 16.3. The lowest BCUT2D eigenvalue weighted by molar-refractivity contribution is 0.311. The number of hydrogen-bond acceptors (Lipinski definition) is 5. The smallest absolute Gasteiger partial charge is 0.196 e. The minimum atomic E-state index is 0.227. The molecule has 0 aliphatic rings.